The van der Waals surface area contributed by atoms with Crippen LogP contribution in [-0.4, -0.2) is 53.4 Å². The van der Waals surface area contributed by atoms with Crippen LogP contribution in [0.4, 0.5) is 0 Å². The molecule has 0 radical (unpaired) electrons. The monoisotopic (exact) mass is 349 g/mol. The SMILES string of the molecule is O=C(O)C1CN(C(=O)CSc2cc(Cl)ccc2Cl)CCO1. The average Bonchev–Trinajstić information content (AvgIpc) is 2.48. The summed E-state index contributed by atoms with van der Waals surface area (Å²) in [4.78, 5) is 25.2. The Balaban J connectivity index is 1.92. The van der Waals surface area contributed by atoms with Crippen molar-refractivity contribution >= 4 is 46.8 Å². The summed E-state index contributed by atoms with van der Waals surface area (Å²) in [6, 6.07) is 5.04. The Morgan fingerprint density at radius 2 is 2.19 bits per heavy atom. The fourth-order valence-corrected chi connectivity index (χ4v) is 3.24. The van der Waals surface area contributed by atoms with E-state index in [4.69, 9.17) is 33.0 Å². The van der Waals surface area contributed by atoms with Crippen LogP contribution in [0.3, 0.4) is 0 Å². The predicted octanol–water partition coefficient (Wildman–Crippen LogP) is 2.40. The molecular weight excluding hydrogens is 337 g/mol. The molecule has 1 atom stereocenters. The van der Waals surface area contributed by atoms with Gasteiger partial charge < -0.3 is 14.7 Å². The van der Waals surface area contributed by atoms with Crippen LogP contribution in [0.1, 0.15) is 0 Å². The van der Waals surface area contributed by atoms with Crippen LogP contribution in [0, 0.1) is 0 Å². The highest BCUT2D eigenvalue weighted by molar-refractivity contribution is 8.00. The molecule has 1 aliphatic rings. The Morgan fingerprint density at radius 3 is 2.90 bits per heavy atom. The largest absolute Gasteiger partial charge is 0.479 e. The summed E-state index contributed by atoms with van der Waals surface area (Å²) in [5, 5.41) is 9.99. The van der Waals surface area contributed by atoms with Gasteiger partial charge in [0.25, 0.3) is 0 Å². The third-order valence-corrected chi connectivity index (χ3v) is 4.66. The number of thioether (sulfide) groups is 1. The number of hydrogen-bond donors (Lipinski definition) is 1. The van der Waals surface area contributed by atoms with E-state index in [1.807, 2.05) is 0 Å². The summed E-state index contributed by atoms with van der Waals surface area (Å²) >= 11 is 13.2. The summed E-state index contributed by atoms with van der Waals surface area (Å²) < 4.78 is 5.08. The molecule has 1 saturated heterocycles. The molecular formula is C13H13Cl2NO4S. The molecule has 1 aromatic carbocycles. The number of rotatable bonds is 4. The van der Waals surface area contributed by atoms with E-state index in [9.17, 15) is 9.59 Å². The van der Waals surface area contributed by atoms with Gasteiger partial charge in [0.1, 0.15) is 0 Å². The van der Waals surface area contributed by atoms with Crippen molar-refractivity contribution < 1.29 is 19.4 Å². The van der Waals surface area contributed by atoms with Crippen LogP contribution in [-0.2, 0) is 14.3 Å². The summed E-state index contributed by atoms with van der Waals surface area (Å²) in [6.07, 6.45) is -0.956. The fourth-order valence-electron chi connectivity index (χ4n) is 1.84. The highest BCUT2D eigenvalue weighted by Crippen LogP contribution is 2.30. The molecule has 2 rings (SSSR count). The van der Waals surface area contributed by atoms with E-state index in [1.54, 1.807) is 18.2 Å². The van der Waals surface area contributed by atoms with Crippen LogP contribution in [0.15, 0.2) is 23.1 Å². The zero-order chi connectivity index (χ0) is 15.4. The number of nitrogens with zero attached hydrogens (tertiary/aromatic N) is 1. The van der Waals surface area contributed by atoms with Crippen molar-refractivity contribution in [3.8, 4) is 0 Å². The number of amides is 1. The highest BCUT2D eigenvalue weighted by atomic mass is 35.5. The molecule has 0 aliphatic carbocycles. The zero-order valence-electron chi connectivity index (χ0n) is 10.9. The van der Waals surface area contributed by atoms with Crippen molar-refractivity contribution in [1.29, 1.82) is 0 Å². The molecule has 114 valence electrons. The Labute approximate surface area is 136 Å². The molecule has 0 bridgehead atoms. The van der Waals surface area contributed by atoms with Gasteiger partial charge in [-0.05, 0) is 18.2 Å². The van der Waals surface area contributed by atoms with Gasteiger partial charge in [-0.2, -0.15) is 0 Å². The fraction of sp³-hybridized carbons (Fsp3) is 0.385. The zero-order valence-corrected chi connectivity index (χ0v) is 13.2. The molecule has 1 unspecified atom stereocenters. The number of carbonyl (C=O) groups excluding carboxylic acids is 1. The van der Waals surface area contributed by atoms with Gasteiger partial charge in [0.15, 0.2) is 6.10 Å². The smallest absolute Gasteiger partial charge is 0.334 e. The first-order valence-corrected chi connectivity index (χ1v) is 7.91. The van der Waals surface area contributed by atoms with Crippen LogP contribution >= 0.6 is 35.0 Å². The minimum absolute atomic E-state index is 0.0675. The van der Waals surface area contributed by atoms with Crippen molar-refractivity contribution in [2.45, 2.75) is 11.0 Å². The van der Waals surface area contributed by atoms with Gasteiger partial charge in [0, 0.05) is 16.5 Å². The lowest BCUT2D eigenvalue weighted by Crippen LogP contribution is -2.49. The van der Waals surface area contributed by atoms with Gasteiger partial charge in [0.2, 0.25) is 5.91 Å². The summed E-state index contributed by atoms with van der Waals surface area (Å²) in [5.74, 6) is -1.03. The normalized spacial score (nSPS) is 18.6. The lowest BCUT2D eigenvalue weighted by atomic mass is 10.3. The average molecular weight is 350 g/mol. The number of carboxylic acid groups (broad SMARTS) is 1. The third-order valence-electron chi connectivity index (χ3n) is 2.94. The van der Waals surface area contributed by atoms with E-state index >= 15 is 0 Å². The molecule has 0 spiro atoms. The van der Waals surface area contributed by atoms with E-state index in [0.717, 1.165) is 4.90 Å². The van der Waals surface area contributed by atoms with Crippen molar-refractivity contribution in [1.82, 2.24) is 4.90 Å². The first-order valence-electron chi connectivity index (χ1n) is 6.17. The van der Waals surface area contributed by atoms with Gasteiger partial charge >= 0.3 is 5.97 Å². The number of halogens is 2. The van der Waals surface area contributed by atoms with Crippen LogP contribution in [0.5, 0.6) is 0 Å². The van der Waals surface area contributed by atoms with E-state index in [2.05, 4.69) is 0 Å². The predicted molar refractivity (Wildman–Crippen MR) is 81.1 cm³/mol. The topological polar surface area (TPSA) is 66.8 Å². The van der Waals surface area contributed by atoms with E-state index in [0.29, 0.717) is 16.6 Å². The first-order chi connectivity index (χ1) is 9.97. The van der Waals surface area contributed by atoms with Gasteiger partial charge in [-0.15, -0.1) is 11.8 Å². The van der Waals surface area contributed by atoms with Crippen LogP contribution in [0.2, 0.25) is 10.0 Å². The molecule has 1 amide bonds. The number of morpholine rings is 1. The molecule has 5 nitrogen and oxygen atoms in total. The second-order valence-corrected chi connectivity index (χ2v) is 6.26. The van der Waals surface area contributed by atoms with Crippen molar-refractivity contribution in [2.24, 2.45) is 0 Å². The molecule has 1 aliphatic heterocycles. The van der Waals surface area contributed by atoms with E-state index in [-0.39, 0.29) is 24.8 Å². The van der Waals surface area contributed by atoms with Crippen molar-refractivity contribution in [3.05, 3.63) is 28.2 Å². The second-order valence-electron chi connectivity index (χ2n) is 4.40. The molecule has 1 fully saturated rings. The van der Waals surface area contributed by atoms with Gasteiger partial charge in [-0.25, -0.2) is 4.79 Å². The standard InChI is InChI=1S/C13H13Cl2NO4S/c14-8-1-2-9(15)11(5-8)21-7-12(17)16-3-4-20-10(6-16)13(18)19/h1-2,5,10H,3-4,6-7H2,(H,18,19). The number of benzene rings is 1. The van der Waals surface area contributed by atoms with Gasteiger partial charge in [-0.3, -0.25) is 4.79 Å². The Bertz CT molecular complexity index is 555. The number of carbonyl (C=O) groups is 2. The maximum Gasteiger partial charge on any atom is 0.334 e. The quantitative estimate of drug-likeness (QED) is 0.845. The Morgan fingerprint density at radius 1 is 1.43 bits per heavy atom. The third kappa shape index (κ3) is 4.51. The maximum absolute atomic E-state index is 12.1. The molecule has 1 aromatic rings. The molecule has 21 heavy (non-hydrogen) atoms. The minimum Gasteiger partial charge on any atom is -0.479 e. The Hall–Kier alpha value is -0.950. The van der Waals surface area contributed by atoms with Crippen LogP contribution in [0.25, 0.3) is 0 Å². The molecule has 0 saturated carbocycles. The van der Waals surface area contributed by atoms with Gasteiger partial charge in [-0.1, -0.05) is 23.2 Å². The molecule has 1 heterocycles. The first kappa shape index (κ1) is 16.4. The molecule has 1 N–H and O–H groups in total. The molecule has 0 aromatic heterocycles. The number of hydrogen-bond acceptors (Lipinski definition) is 4. The van der Waals surface area contributed by atoms with Crippen molar-refractivity contribution in [3.63, 3.8) is 0 Å². The Kier molecular flexibility index (Phi) is 5.75. The maximum atomic E-state index is 12.1. The van der Waals surface area contributed by atoms with Crippen LogP contribution < -0.4 is 0 Å². The second kappa shape index (κ2) is 7.35. The summed E-state index contributed by atoms with van der Waals surface area (Å²) in [6.45, 7) is 0.690. The molecule has 8 heteroatoms. The van der Waals surface area contributed by atoms with E-state index in [1.165, 1.54) is 16.7 Å². The van der Waals surface area contributed by atoms with E-state index < -0.39 is 12.1 Å². The summed E-state index contributed by atoms with van der Waals surface area (Å²) in [5.41, 5.74) is 0. The lowest BCUT2D eigenvalue weighted by Gasteiger charge is -2.30. The van der Waals surface area contributed by atoms with Gasteiger partial charge in [0.05, 0.1) is 23.9 Å². The number of ether oxygens (including phenoxy) is 1. The lowest BCUT2D eigenvalue weighted by molar-refractivity contribution is -0.158. The number of aliphatic carboxylic acids is 1. The van der Waals surface area contributed by atoms with Crippen molar-refractivity contribution in [2.75, 3.05) is 25.4 Å². The highest BCUT2D eigenvalue weighted by Gasteiger charge is 2.28. The number of carboxylic acids is 1. The summed E-state index contributed by atoms with van der Waals surface area (Å²) in [7, 11) is 0. The minimum atomic E-state index is -1.06.